The Morgan fingerprint density at radius 3 is 2.64 bits per heavy atom. The molecule has 0 atom stereocenters. The van der Waals surface area contributed by atoms with Gasteiger partial charge < -0.3 is 15.0 Å². The van der Waals surface area contributed by atoms with E-state index < -0.39 is 0 Å². The molecule has 1 N–H and O–H groups in total. The van der Waals surface area contributed by atoms with Crippen LogP contribution >= 0.6 is 11.3 Å². The van der Waals surface area contributed by atoms with Gasteiger partial charge in [-0.05, 0) is 50.2 Å². The lowest BCUT2D eigenvalue weighted by Crippen LogP contribution is -2.21. The number of anilines is 2. The quantitative estimate of drug-likeness (QED) is 0.589. The lowest BCUT2D eigenvalue weighted by atomic mass is 10.2. The molecule has 28 heavy (non-hydrogen) atoms. The Morgan fingerprint density at radius 2 is 1.96 bits per heavy atom. The fourth-order valence-corrected chi connectivity index (χ4v) is 3.49. The molecule has 3 rings (SSSR count). The zero-order chi connectivity index (χ0) is 19.8. The predicted octanol–water partition coefficient (Wildman–Crippen LogP) is 4.14. The number of nitrogens with one attached hydrogen (secondary N) is 1. The van der Waals surface area contributed by atoms with E-state index >= 15 is 0 Å². The third kappa shape index (κ3) is 5.53. The van der Waals surface area contributed by atoms with Gasteiger partial charge in [0.15, 0.2) is 0 Å². The van der Waals surface area contributed by atoms with Crippen LogP contribution in [0.25, 0.3) is 0 Å². The monoisotopic (exact) mass is 396 g/mol. The lowest BCUT2D eigenvalue weighted by molar-refractivity contribution is -0.115. The van der Waals surface area contributed by atoms with Crippen molar-refractivity contribution in [2.45, 2.75) is 26.9 Å². The van der Waals surface area contributed by atoms with E-state index in [0.717, 1.165) is 35.2 Å². The molecule has 0 unspecified atom stereocenters. The average Bonchev–Trinajstić information content (AvgIpc) is 3.16. The summed E-state index contributed by atoms with van der Waals surface area (Å²) in [6.45, 7) is 6.54. The van der Waals surface area contributed by atoms with Gasteiger partial charge in [-0.25, -0.2) is 4.98 Å². The first-order valence-electron chi connectivity index (χ1n) is 9.29. The van der Waals surface area contributed by atoms with E-state index in [1.54, 1.807) is 12.4 Å². The maximum atomic E-state index is 12.3. The number of aromatic nitrogens is 2. The molecule has 146 valence electrons. The number of carbonyl (C=O) groups excluding carboxylic acids is 1. The van der Waals surface area contributed by atoms with E-state index in [0.29, 0.717) is 12.4 Å². The van der Waals surface area contributed by atoms with E-state index in [4.69, 9.17) is 4.74 Å². The molecule has 0 spiro atoms. The Labute approximate surface area is 169 Å². The molecule has 2 heterocycles. The second-order valence-corrected chi connectivity index (χ2v) is 7.10. The second-order valence-electron chi connectivity index (χ2n) is 6.15. The fraction of sp³-hybridized carbons (Fsp3) is 0.286. The van der Waals surface area contributed by atoms with Crippen molar-refractivity contribution < 1.29 is 9.53 Å². The number of hydrogen-bond acceptors (Lipinski definition) is 6. The third-order valence-corrected chi connectivity index (χ3v) is 5.09. The van der Waals surface area contributed by atoms with Crippen LogP contribution in [-0.2, 0) is 17.8 Å². The van der Waals surface area contributed by atoms with Crippen molar-refractivity contribution in [3.05, 3.63) is 64.9 Å². The number of carbonyl (C=O) groups is 1. The maximum absolute atomic E-state index is 12.3. The highest BCUT2D eigenvalue weighted by Gasteiger charge is 2.09. The maximum Gasteiger partial charge on any atom is 0.230 e. The van der Waals surface area contributed by atoms with E-state index in [2.05, 4.69) is 34.0 Å². The summed E-state index contributed by atoms with van der Waals surface area (Å²) in [4.78, 5) is 23.0. The molecule has 1 aromatic carbocycles. The van der Waals surface area contributed by atoms with Gasteiger partial charge in [0, 0.05) is 36.0 Å². The Hall–Kier alpha value is -2.93. The number of pyridine rings is 1. The lowest BCUT2D eigenvalue weighted by Gasteiger charge is -2.21. The van der Waals surface area contributed by atoms with Crippen molar-refractivity contribution in [3.63, 3.8) is 0 Å². The molecule has 2 aromatic heterocycles. The van der Waals surface area contributed by atoms with Crippen LogP contribution in [-0.4, -0.2) is 29.0 Å². The number of ether oxygens (including phenoxy) is 1. The number of hydrogen-bond donors (Lipinski definition) is 1. The van der Waals surface area contributed by atoms with Crippen LogP contribution in [0.15, 0.2) is 54.2 Å². The third-order valence-electron chi connectivity index (χ3n) is 4.22. The summed E-state index contributed by atoms with van der Waals surface area (Å²) in [5.74, 6) is 0.616. The van der Waals surface area contributed by atoms with Crippen LogP contribution in [0, 0.1) is 0 Å². The molecule has 1 amide bonds. The fourth-order valence-electron chi connectivity index (χ4n) is 2.79. The van der Waals surface area contributed by atoms with Crippen molar-refractivity contribution in [3.8, 4) is 5.75 Å². The molecule has 0 aliphatic heterocycles. The number of benzene rings is 1. The molecular weight excluding hydrogens is 372 g/mol. The number of nitrogens with zero attached hydrogens (tertiary/aromatic N) is 3. The Balaban J connectivity index is 1.50. The topological polar surface area (TPSA) is 67.4 Å². The molecule has 0 saturated carbocycles. The zero-order valence-electron chi connectivity index (χ0n) is 16.1. The highest BCUT2D eigenvalue weighted by Crippen LogP contribution is 2.18. The molecule has 7 heteroatoms. The van der Waals surface area contributed by atoms with Crippen molar-refractivity contribution in [2.24, 2.45) is 0 Å². The van der Waals surface area contributed by atoms with Gasteiger partial charge in [0.25, 0.3) is 0 Å². The number of thiazole rings is 1. The van der Waals surface area contributed by atoms with Crippen molar-refractivity contribution in [1.29, 1.82) is 0 Å². The van der Waals surface area contributed by atoms with Gasteiger partial charge in [-0.1, -0.05) is 0 Å². The minimum Gasteiger partial charge on any atom is -0.485 e. The van der Waals surface area contributed by atoms with Crippen LogP contribution in [0.2, 0.25) is 0 Å². The predicted molar refractivity (Wildman–Crippen MR) is 113 cm³/mol. The molecule has 0 aliphatic carbocycles. The van der Waals surface area contributed by atoms with Crippen LogP contribution in [0.4, 0.5) is 11.4 Å². The number of amides is 1. The van der Waals surface area contributed by atoms with Gasteiger partial charge in [0.2, 0.25) is 5.91 Å². The molecule has 0 fully saturated rings. The Kier molecular flexibility index (Phi) is 6.97. The molecule has 0 aliphatic rings. The van der Waals surface area contributed by atoms with E-state index in [9.17, 15) is 4.79 Å². The summed E-state index contributed by atoms with van der Waals surface area (Å²) in [6.07, 6.45) is 3.60. The van der Waals surface area contributed by atoms with E-state index in [1.807, 2.05) is 41.8 Å². The second kappa shape index (κ2) is 9.85. The summed E-state index contributed by atoms with van der Waals surface area (Å²) in [7, 11) is 0. The summed E-state index contributed by atoms with van der Waals surface area (Å²) in [6, 6.07) is 11.6. The summed E-state index contributed by atoms with van der Waals surface area (Å²) in [5.41, 5.74) is 2.68. The zero-order valence-corrected chi connectivity index (χ0v) is 16.9. The smallest absolute Gasteiger partial charge is 0.230 e. The first-order valence-corrected chi connectivity index (χ1v) is 10.2. The highest BCUT2D eigenvalue weighted by atomic mass is 32.1. The largest absolute Gasteiger partial charge is 0.485 e. The van der Waals surface area contributed by atoms with Gasteiger partial charge >= 0.3 is 0 Å². The molecule has 0 saturated heterocycles. The van der Waals surface area contributed by atoms with Gasteiger partial charge in [0.05, 0.1) is 18.3 Å². The molecule has 3 aromatic rings. The molecule has 6 nitrogen and oxygen atoms in total. The summed E-state index contributed by atoms with van der Waals surface area (Å²) >= 11 is 1.49. The Bertz CT molecular complexity index is 877. The van der Waals surface area contributed by atoms with Crippen LogP contribution in [0.3, 0.4) is 0 Å². The van der Waals surface area contributed by atoms with Crippen molar-refractivity contribution in [2.75, 3.05) is 23.3 Å². The van der Waals surface area contributed by atoms with Crippen molar-refractivity contribution in [1.82, 2.24) is 9.97 Å². The van der Waals surface area contributed by atoms with E-state index in [1.165, 1.54) is 11.3 Å². The van der Waals surface area contributed by atoms with Crippen molar-refractivity contribution >= 4 is 28.6 Å². The molecular formula is C21H24N4O2S. The number of rotatable bonds is 9. The molecule has 0 radical (unpaired) electrons. The highest BCUT2D eigenvalue weighted by molar-refractivity contribution is 7.09. The molecule has 0 bridgehead atoms. The van der Waals surface area contributed by atoms with Crippen LogP contribution in [0.1, 0.15) is 24.5 Å². The van der Waals surface area contributed by atoms with Crippen LogP contribution in [0.5, 0.6) is 5.75 Å². The first-order chi connectivity index (χ1) is 13.7. The van der Waals surface area contributed by atoms with Gasteiger partial charge in [-0.3, -0.25) is 9.78 Å². The minimum absolute atomic E-state index is 0.0828. The first kappa shape index (κ1) is 19.8. The van der Waals surface area contributed by atoms with Crippen LogP contribution < -0.4 is 15.0 Å². The van der Waals surface area contributed by atoms with Gasteiger partial charge in [0.1, 0.15) is 17.4 Å². The average molecular weight is 397 g/mol. The summed E-state index contributed by atoms with van der Waals surface area (Å²) < 4.78 is 5.64. The summed E-state index contributed by atoms with van der Waals surface area (Å²) in [5, 5.41) is 5.65. The van der Waals surface area contributed by atoms with E-state index in [-0.39, 0.29) is 12.3 Å². The van der Waals surface area contributed by atoms with Gasteiger partial charge in [-0.2, -0.15) is 0 Å². The SMILES string of the molecule is CCN(CC)c1ccc(NC(=O)Cc2csc(COc3cccnc3)n2)cc1. The standard InChI is InChI=1S/C21H24N4O2S/c1-3-25(4-2)18-9-7-16(8-10-18)23-20(26)12-17-15-28-21(24-17)14-27-19-6-5-11-22-13-19/h5-11,13,15H,3-4,12,14H2,1-2H3,(H,23,26). The normalized spacial score (nSPS) is 10.5. The van der Waals surface area contributed by atoms with Gasteiger partial charge in [-0.15, -0.1) is 11.3 Å². The Morgan fingerprint density at radius 1 is 1.18 bits per heavy atom. The minimum atomic E-state index is -0.0828.